The summed E-state index contributed by atoms with van der Waals surface area (Å²) in [4.78, 5) is 19.4. The number of anilines is 2. The fourth-order valence-corrected chi connectivity index (χ4v) is 3.53. The zero-order valence-electron chi connectivity index (χ0n) is 14.5. The Bertz CT molecular complexity index is 938. The highest BCUT2D eigenvalue weighted by Crippen LogP contribution is 2.31. The number of amides is 1. The van der Waals surface area contributed by atoms with Gasteiger partial charge in [-0.25, -0.2) is 4.98 Å². The second-order valence-electron chi connectivity index (χ2n) is 6.23. The second-order valence-corrected chi connectivity index (χ2v) is 6.23. The molecule has 0 radical (unpaired) electrons. The SMILES string of the molecule is Cc1nc2ccccc2n1CC(=O)N1CCCc2c(N)cccc21.Cl.Cl. The van der Waals surface area contributed by atoms with Gasteiger partial charge in [0.1, 0.15) is 12.4 Å². The maximum absolute atomic E-state index is 13.0. The van der Waals surface area contributed by atoms with Gasteiger partial charge < -0.3 is 15.2 Å². The molecule has 0 unspecified atom stereocenters. The number of halogens is 2. The van der Waals surface area contributed by atoms with E-state index < -0.39 is 0 Å². The number of carbonyl (C=O) groups is 1. The average molecular weight is 393 g/mol. The van der Waals surface area contributed by atoms with Gasteiger partial charge in [0.15, 0.2) is 0 Å². The monoisotopic (exact) mass is 392 g/mol. The molecule has 2 aromatic carbocycles. The smallest absolute Gasteiger partial charge is 0.246 e. The van der Waals surface area contributed by atoms with Crippen LogP contribution in [0.15, 0.2) is 42.5 Å². The van der Waals surface area contributed by atoms with E-state index in [1.54, 1.807) is 0 Å². The lowest BCUT2D eigenvalue weighted by molar-refractivity contribution is -0.119. The molecule has 1 amide bonds. The molecular formula is C19H22Cl2N4O. The lowest BCUT2D eigenvalue weighted by atomic mass is 10.00. The van der Waals surface area contributed by atoms with E-state index in [2.05, 4.69) is 4.98 Å². The van der Waals surface area contributed by atoms with Crippen molar-refractivity contribution >= 4 is 53.1 Å². The molecule has 0 saturated carbocycles. The number of fused-ring (bicyclic) bond motifs is 2. The Labute approximate surface area is 165 Å². The number of nitrogens with zero attached hydrogens (tertiary/aromatic N) is 3. The number of carbonyl (C=O) groups excluding carboxylic acids is 1. The van der Waals surface area contributed by atoms with E-state index >= 15 is 0 Å². The van der Waals surface area contributed by atoms with Crippen molar-refractivity contribution in [1.82, 2.24) is 9.55 Å². The van der Waals surface area contributed by atoms with Crippen LogP contribution >= 0.6 is 24.8 Å². The van der Waals surface area contributed by atoms with E-state index in [0.717, 1.165) is 53.2 Å². The first-order valence-corrected chi connectivity index (χ1v) is 8.25. The van der Waals surface area contributed by atoms with Crippen molar-refractivity contribution in [3.63, 3.8) is 0 Å². The third kappa shape index (κ3) is 3.37. The number of aromatic nitrogens is 2. The second kappa shape index (κ2) is 7.98. The third-order valence-electron chi connectivity index (χ3n) is 4.73. The minimum Gasteiger partial charge on any atom is -0.398 e. The molecule has 5 nitrogen and oxygen atoms in total. The summed E-state index contributed by atoms with van der Waals surface area (Å²) >= 11 is 0. The summed E-state index contributed by atoms with van der Waals surface area (Å²) in [5, 5.41) is 0. The van der Waals surface area contributed by atoms with Crippen LogP contribution in [0.25, 0.3) is 11.0 Å². The minimum absolute atomic E-state index is 0. The molecule has 1 aliphatic heterocycles. The molecule has 0 aliphatic carbocycles. The maximum Gasteiger partial charge on any atom is 0.246 e. The fraction of sp³-hybridized carbons (Fsp3) is 0.263. The highest BCUT2D eigenvalue weighted by Gasteiger charge is 2.24. The first-order chi connectivity index (χ1) is 11.6. The van der Waals surface area contributed by atoms with Gasteiger partial charge in [-0.3, -0.25) is 4.79 Å². The van der Waals surface area contributed by atoms with E-state index in [0.29, 0.717) is 6.54 Å². The van der Waals surface area contributed by atoms with Crippen LogP contribution in [0.3, 0.4) is 0 Å². The fourth-order valence-electron chi connectivity index (χ4n) is 3.53. The van der Waals surface area contributed by atoms with Gasteiger partial charge in [-0.05, 0) is 49.6 Å². The quantitative estimate of drug-likeness (QED) is 0.675. The lowest BCUT2D eigenvalue weighted by Crippen LogP contribution is -2.38. The Balaban J connectivity index is 0.00000121. The van der Waals surface area contributed by atoms with E-state index in [-0.39, 0.29) is 30.7 Å². The van der Waals surface area contributed by atoms with Crippen LogP contribution in [-0.2, 0) is 17.8 Å². The molecular weight excluding hydrogens is 371 g/mol. The average Bonchev–Trinajstić information content (AvgIpc) is 2.90. The van der Waals surface area contributed by atoms with Crippen LogP contribution in [0, 0.1) is 6.92 Å². The van der Waals surface area contributed by atoms with Gasteiger partial charge >= 0.3 is 0 Å². The minimum atomic E-state index is 0. The molecule has 0 saturated heterocycles. The van der Waals surface area contributed by atoms with E-state index in [9.17, 15) is 4.79 Å². The normalized spacial score (nSPS) is 12.9. The Morgan fingerprint density at radius 3 is 2.73 bits per heavy atom. The van der Waals surface area contributed by atoms with Gasteiger partial charge in [0.25, 0.3) is 0 Å². The van der Waals surface area contributed by atoms with Crippen LogP contribution in [0.4, 0.5) is 11.4 Å². The summed E-state index contributed by atoms with van der Waals surface area (Å²) in [6.07, 6.45) is 1.87. The topological polar surface area (TPSA) is 64.2 Å². The molecule has 2 N–H and O–H groups in total. The molecule has 7 heteroatoms. The van der Waals surface area contributed by atoms with Crippen LogP contribution < -0.4 is 10.6 Å². The predicted molar refractivity (Wildman–Crippen MR) is 110 cm³/mol. The van der Waals surface area contributed by atoms with Gasteiger partial charge in [0, 0.05) is 17.9 Å². The van der Waals surface area contributed by atoms with Crippen LogP contribution in [0.5, 0.6) is 0 Å². The van der Waals surface area contributed by atoms with E-state index in [1.165, 1.54) is 0 Å². The summed E-state index contributed by atoms with van der Waals surface area (Å²) in [7, 11) is 0. The number of rotatable bonds is 2. The number of aryl methyl sites for hydroxylation is 1. The standard InChI is InChI=1S/C19H20N4O.2ClH/c1-13-21-16-8-2-3-9-18(16)23(13)12-19(24)22-11-5-6-14-15(20)7-4-10-17(14)22;;/h2-4,7-10H,5-6,11-12,20H2,1H3;2*1H. The highest BCUT2D eigenvalue weighted by molar-refractivity contribution is 5.96. The molecule has 0 spiro atoms. The zero-order chi connectivity index (χ0) is 16.7. The van der Waals surface area contributed by atoms with Crippen molar-refractivity contribution < 1.29 is 4.79 Å². The van der Waals surface area contributed by atoms with Crippen LogP contribution in [0.2, 0.25) is 0 Å². The molecule has 26 heavy (non-hydrogen) atoms. The van der Waals surface area contributed by atoms with Gasteiger partial charge in [-0.15, -0.1) is 24.8 Å². The lowest BCUT2D eigenvalue weighted by Gasteiger charge is -2.30. The Kier molecular flexibility index (Phi) is 6.16. The number of hydrogen-bond donors (Lipinski definition) is 1. The van der Waals surface area contributed by atoms with E-state index in [1.807, 2.05) is 58.9 Å². The number of benzene rings is 2. The highest BCUT2D eigenvalue weighted by atomic mass is 35.5. The predicted octanol–water partition coefficient (Wildman–Crippen LogP) is 3.75. The zero-order valence-corrected chi connectivity index (χ0v) is 16.1. The number of imidazole rings is 1. The molecule has 0 atom stereocenters. The van der Waals surface area contributed by atoms with E-state index in [4.69, 9.17) is 5.73 Å². The van der Waals surface area contributed by atoms with Gasteiger partial charge in [-0.1, -0.05) is 18.2 Å². The van der Waals surface area contributed by atoms with Crippen molar-refractivity contribution in [3.8, 4) is 0 Å². The Hall–Kier alpha value is -2.24. The summed E-state index contributed by atoms with van der Waals surface area (Å²) < 4.78 is 1.98. The van der Waals surface area contributed by atoms with Crippen molar-refractivity contribution in [2.45, 2.75) is 26.3 Å². The molecule has 1 aromatic heterocycles. The maximum atomic E-state index is 13.0. The molecule has 2 heterocycles. The Morgan fingerprint density at radius 1 is 1.15 bits per heavy atom. The number of hydrogen-bond acceptors (Lipinski definition) is 3. The van der Waals surface area contributed by atoms with Gasteiger partial charge in [-0.2, -0.15) is 0 Å². The summed E-state index contributed by atoms with van der Waals surface area (Å²) in [5.74, 6) is 0.933. The molecule has 3 aromatic rings. The summed E-state index contributed by atoms with van der Waals surface area (Å²) in [5.41, 5.74) is 10.8. The van der Waals surface area contributed by atoms with Gasteiger partial charge in [0.05, 0.1) is 11.0 Å². The molecule has 0 bridgehead atoms. The van der Waals surface area contributed by atoms with Crippen molar-refractivity contribution in [2.24, 2.45) is 0 Å². The third-order valence-corrected chi connectivity index (χ3v) is 4.73. The van der Waals surface area contributed by atoms with Gasteiger partial charge in [0.2, 0.25) is 5.91 Å². The van der Waals surface area contributed by atoms with Crippen molar-refractivity contribution in [1.29, 1.82) is 0 Å². The molecule has 4 rings (SSSR count). The molecule has 1 aliphatic rings. The summed E-state index contributed by atoms with van der Waals surface area (Å²) in [6, 6.07) is 13.7. The number of nitrogens with two attached hydrogens (primary N) is 1. The molecule has 0 fully saturated rings. The molecule has 138 valence electrons. The van der Waals surface area contributed by atoms with Crippen molar-refractivity contribution in [3.05, 3.63) is 53.9 Å². The van der Waals surface area contributed by atoms with Crippen LogP contribution in [-0.4, -0.2) is 22.0 Å². The van der Waals surface area contributed by atoms with Crippen molar-refractivity contribution in [2.75, 3.05) is 17.2 Å². The van der Waals surface area contributed by atoms with Crippen LogP contribution in [0.1, 0.15) is 17.8 Å². The first-order valence-electron chi connectivity index (χ1n) is 8.25. The Morgan fingerprint density at radius 2 is 1.92 bits per heavy atom. The number of nitrogen functional groups attached to an aromatic ring is 1. The number of para-hydroxylation sites is 2. The summed E-state index contributed by atoms with van der Waals surface area (Å²) in [6.45, 7) is 2.97. The first kappa shape index (κ1) is 20.1. The largest absolute Gasteiger partial charge is 0.398 e.